The quantitative estimate of drug-likeness (QED) is 0.726. The predicted molar refractivity (Wildman–Crippen MR) is 83.8 cm³/mol. The van der Waals surface area contributed by atoms with E-state index in [4.69, 9.17) is 5.73 Å². The number of alkyl halides is 3. The molecule has 0 aliphatic heterocycles. The average molecular weight is 355 g/mol. The van der Waals surface area contributed by atoms with Crippen molar-refractivity contribution in [2.24, 2.45) is 0 Å². The van der Waals surface area contributed by atoms with Crippen LogP contribution in [0.5, 0.6) is 5.75 Å². The second kappa shape index (κ2) is 5.86. The Balaban J connectivity index is 2.24. The summed E-state index contributed by atoms with van der Waals surface area (Å²) in [7, 11) is 0. The van der Waals surface area contributed by atoms with E-state index in [-0.39, 0.29) is 23.0 Å². The summed E-state index contributed by atoms with van der Waals surface area (Å²) in [6, 6.07) is 6.17. The Morgan fingerprint density at radius 1 is 1.21 bits per heavy atom. The highest BCUT2D eigenvalue weighted by Gasteiger charge is 2.33. The third-order valence-electron chi connectivity index (χ3n) is 3.21. The first-order valence-electron chi connectivity index (χ1n) is 6.71. The van der Waals surface area contributed by atoms with Gasteiger partial charge in [-0.2, -0.15) is 9.61 Å². The number of nitrogens with two attached hydrogens (primary N) is 1. The van der Waals surface area contributed by atoms with Crippen molar-refractivity contribution in [2.75, 3.05) is 12.0 Å². The molecule has 10 heteroatoms. The zero-order valence-electron chi connectivity index (χ0n) is 12.6. The molecular formula is C14H12F3N5OS. The number of nitrogens with zero attached hydrogens (tertiary/aromatic N) is 4. The second-order valence-electron chi connectivity index (χ2n) is 4.90. The highest BCUT2D eigenvalue weighted by molar-refractivity contribution is 7.98. The zero-order valence-corrected chi connectivity index (χ0v) is 13.4. The van der Waals surface area contributed by atoms with Crippen LogP contribution in [0.1, 0.15) is 5.69 Å². The van der Waals surface area contributed by atoms with Crippen LogP contribution in [0.4, 0.5) is 19.1 Å². The monoisotopic (exact) mass is 355 g/mol. The summed E-state index contributed by atoms with van der Waals surface area (Å²) in [4.78, 5) is 0.627. The molecule has 0 radical (unpaired) electrons. The number of nitrogen functional groups attached to an aromatic ring is 1. The van der Waals surface area contributed by atoms with Gasteiger partial charge in [-0.05, 0) is 37.4 Å². The van der Waals surface area contributed by atoms with Crippen molar-refractivity contribution < 1.29 is 17.9 Å². The maximum atomic E-state index is 12.8. The van der Waals surface area contributed by atoms with E-state index in [0.717, 1.165) is 0 Å². The molecule has 2 N–H and O–H groups in total. The van der Waals surface area contributed by atoms with Crippen molar-refractivity contribution in [1.82, 2.24) is 19.8 Å². The van der Waals surface area contributed by atoms with Gasteiger partial charge in [0, 0.05) is 10.5 Å². The molecule has 0 aliphatic rings. The van der Waals surface area contributed by atoms with Crippen molar-refractivity contribution in [3.63, 3.8) is 0 Å². The molecule has 2 heterocycles. The minimum atomic E-state index is -4.82. The number of thioether (sulfide) groups is 1. The van der Waals surface area contributed by atoms with Crippen molar-refractivity contribution in [1.29, 1.82) is 0 Å². The van der Waals surface area contributed by atoms with Gasteiger partial charge >= 0.3 is 6.36 Å². The molecule has 0 saturated carbocycles. The summed E-state index contributed by atoms with van der Waals surface area (Å²) in [6.07, 6.45) is -3.06. The largest absolute Gasteiger partial charge is 0.573 e. The molecule has 0 saturated heterocycles. The molecule has 126 valence electrons. The van der Waals surface area contributed by atoms with Crippen molar-refractivity contribution in [2.45, 2.75) is 18.2 Å². The molecule has 0 atom stereocenters. The van der Waals surface area contributed by atoms with Gasteiger partial charge in [-0.25, -0.2) is 0 Å². The molecule has 6 nitrogen and oxygen atoms in total. The van der Waals surface area contributed by atoms with Crippen LogP contribution >= 0.6 is 11.8 Å². The fourth-order valence-electron chi connectivity index (χ4n) is 2.26. The minimum Gasteiger partial charge on any atom is -0.405 e. The fraction of sp³-hybridized carbons (Fsp3) is 0.214. The van der Waals surface area contributed by atoms with Crippen LogP contribution in [0.2, 0.25) is 0 Å². The Morgan fingerprint density at radius 2 is 1.96 bits per heavy atom. The zero-order chi connectivity index (χ0) is 17.5. The highest BCUT2D eigenvalue weighted by Crippen LogP contribution is 2.37. The van der Waals surface area contributed by atoms with E-state index < -0.39 is 6.36 Å². The topological polar surface area (TPSA) is 78.3 Å². The fourth-order valence-corrected chi connectivity index (χ4v) is 2.69. The molecule has 0 fully saturated rings. The molecule has 0 bridgehead atoms. The van der Waals surface area contributed by atoms with E-state index in [9.17, 15) is 13.2 Å². The molecule has 0 spiro atoms. The second-order valence-corrected chi connectivity index (χ2v) is 5.78. The van der Waals surface area contributed by atoms with Crippen LogP contribution in [0, 0.1) is 6.92 Å². The Hall–Kier alpha value is -2.49. The first-order valence-corrected chi connectivity index (χ1v) is 7.93. The Kier molecular flexibility index (Phi) is 3.99. The molecule has 0 aliphatic carbocycles. The van der Waals surface area contributed by atoms with E-state index in [0.29, 0.717) is 16.1 Å². The number of anilines is 1. The summed E-state index contributed by atoms with van der Waals surface area (Å²) >= 11 is 1.30. The maximum absolute atomic E-state index is 12.8. The average Bonchev–Trinajstić information content (AvgIpc) is 2.89. The Bertz CT molecular complexity index is 909. The van der Waals surface area contributed by atoms with Crippen LogP contribution in [0.15, 0.2) is 29.2 Å². The number of ether oxygens (including phenoxy) is 1. The number of hydrogen-bond donors (Lipinski definition) is 1. The summed E-state index contributed by atoms with van der Waals surface area (Å²) in [5.74, 6) is -0.310. The molecule has 1 aromatic carbocycles. The van der Waals surface area contributed by atoms with Gasteiger partial charge < -0.3 is 10.5 Å². The van der Waals surface area contributed by atoms with E-state index in [1.165, 1.54) is 28.4 Å². The van der Waals surface area contributed by atoms with Crippen molar-refractivity contribution in [3.05, 3.63) is 30.0 Å². The molecule has 0 amide bonds. The molecular weight excluding hydrogens is 343 g/mol. The number of fused-ring (bicyclic) bond motifs is 1. The first kappa shape index (κ1) is 16.4. The molecule has 2 aromatic heterocycles. The summed E-state index contributed by atoms with van der Waals surface area (Å²) in [5.41, 5.74) is 7.16. The lowest BCUT2D eigenvalue weighted by atomic mass is 10.1. The Labute approximate surface area is 138 Å². The standard InChI is InChI=1S/C14H12F3N5OS/c1-7-5-10-12(19-20-13(18)22(10)21-7)9-4-3-8(24-2)6-11(9)23-14(15,16)17/h3-6H,1-2H3,(H2,18,20). The van der Waals surface area contributed by atoms with Crippen molar-refractivity contribution >= 4 is 23.2 Å². The predicted octanol–water partition coefficient (Wildman–Crippen LogP) is 3.30. The number of rotatable bonds is 3. The van der Waals surface area contributed by atoms with E-state index in [2.05, 4.69) is 20.0 Å². The minimum absolute atomic E-state index is 0.0425. The van der Waals surface area contributed by atoms with Crippen LogP contribution in [-0.4, -0.2) is 32.4 Å². The molecule has 3 rings (SSSR count). The third kappa shape index (κ3) is 3.09. The summed E-state index contributed by atoms with van der Waals surface area (Å²) in [5, 5.41) is 11.9. The van der Waals surface area contributed by atoms with Crippen LogP contribution < -0.4 is 10.5 Å². The van der Waals surface area contributed by atoms with Gasteiger partial charge in [-0.3, -0.25) is 0 Å². The Morgan fingerprint density at radius 3 is 2.62 bits per heavy atom. The van der Waals surface area contributed by atoms with Crippen LogP contribution in [-0.2, 0) is 0 Å². The van der Waals surface area contributed by atoms with Crippen molar-refractivity contribution in [3.8, 4) is 17.0 Å². The number of benzene rings is 1. The van der Waals surface area contributed by atoms with E-state index in [1.54, 1.807) is 25.3 Å². The normalized spacial score (nSPS) is 11.9. The highest BCUT2D eigenvalue weighted by atomic mass is 32.2. The maximum Gasteiger partial charge on any atom is 0.573 e. The third-order valence-corrected chi connectivity index (χ3v) is 3.94. The van der Waals surface area contributed by atoms with Crippen LogP contribution in [0.3, 0.4) is 0 Å². The van der Waals surface area contributed by atoms with E-state index >= 15 is 0 Å². The molecule has 3 aromatic rings. The smallest absolute Gasteiger partial charge is 0.405 e. The van der Waals surface area contributed by atoms with Gasteiger partial charge in [-0.1, -0.05) is 0 Å². The van der Waals surface area contributed by atoms with Gasteiger partial charge in [-0.15, -0.1) is 35.1 Å². The van der Waals surface area contributed by atoms with Gasteiger partial charge in [0.1, 0.15) is 11.4 Å². The van der Waals surface area contributed by atoms with Gasteiger partial charge in [0.15, 0.2) is 0 Å². The summed E-state index contributed by atoms with van der Waals surface area (Å²) < 4.78 is 43.8. The van der Waals surface area contributed by atoms with Gasteiger partial charge in [0.25, 0.3) is 0 Å². The number of aryl methyl sites for hydroxylation is 1. The lowest BCUT2D eigenvalue weighted by molar-refractivity contribution is -0.274. The van der Waals surface area contributed by atoms with E-state index in [1.807, 2.05) is 0 Å². The summed E-state index contributed by atoms with van der Waals surface area (Å²) in [6.45, 7) is 1.74. The number of hydrogen-bond acceptors (Lipinski definition) is 6. The van der Waals surface area contributed by atoms with Gasteiger partial charge in [0.05, 0.1) is 11.2 Å². The first-order chi connectivity index (χ1) is 11.3. The lowest BCUT2D eigenvalue weighted by Crippen LogP contribution is -2.18. The number of halogens is 3. The molecule has 24 heavy (non-hydrogen) atoms. The van der Waals surface area contributed by atoms with Crippen LogP contribution in [0.25, 0.3) is 16.8 Å². The molecule has 0 unspecified atom stereocenters. The van der Waals surface area contributed by atoms with Gasteiger partial charge in [0.2, 0.25) is 5.95 Å². The lowest BCUT2D eigenvalue weighted by Gasteiger charge is -2.14. The SMILES string of the molecule is CSc1ccc(-c2nnc(N)n3nc(C)cc23)c(OC(F)(F)F)c1. The number of aromatic nitrogens is 4.